The lowest BCUT2D eigenvalue weighted by molar-refractivity contribution is -0.118. The second-order valence-electron chi connectivity index (χ2n) is 6.96. The minimum atomic E-state index is -0.0459. The summed E-state index contributed by atoms with van der Waals surface area (Å²) in [4.78, 5) is 24.1. The molecule has 0 saturated carbocycles. The van der Waals surface area contributed by atoms with Crippen molar-refractivity contribution >= 4 is 44.2 Å². The first-order chi connectivity index (χ1) is 14.0. The highest BCUT2D eigenvalue weighted by atomic mass is 35.5. The van der Waals surface area contributed by atoms with Gasteiger partial charge < -0.3 is 0 Å². The van der Waals surface area contributed by atoms with E-state index >= 15 is 0 Å². The molecule has 146 valence electrons. The summed E-state index contributed by atoms with van der Waals surface area (Å²) in [6.07, 6.45) is 3.72. The predicted octanol–water partition coefficient (Wildman–Crippen LogP) is 5.74. The summed E-state index contributed by atoms with van der Waals surface area (Å²) in [5.74, 6) is -0.0459. The zero-order valence-electron chi connectivity index (χ0n) is 16.2. The largest absolute Gasteiger partial charge is 0.283 e. The molecule has 4 nitrogen and oxygen atoms in total. The number of halogens is 1. The number of rotatable bonds is 5. The van der Waals surface area contributed by atoms with Crippen LogP contribution in [0.4, 0.5) is 5.13 Å². The number of hydrogen-bond acceptors (Lipinski definition) is 4. The number of aromatic nitrogens is 2. The van der Waals surface area contributed by atoms with Gasteiger partial charge >= 0.3 is 0 Å². The Morgan fingerprint density at radius 3 is 2.69 bits per heavy atom. The maximum absolute atomic E-state index is 13.3. The number of amides is 1. The Bertz CT molecular complexity index is 1170. The molecule has 4 aromatic rings. The number of carbonyl (C=O) groups is 1. The molecule has 2 aromatic heterocycles. The minimum Gasteiger partial charge on any atom is -0.283 e. The third kappa shape index (κ3) is 4.16. The van der Waals surface area contributed by atoms with Crippen LogP contribution < -0.4 is 4.90 Å². The van der Waals surface area contributed by atoms with E-state index < -0.39 is 0 Å². The number of carbonyl (C=O) groups excluding carboxylic acids is 1. The van der Waals surface area contributed by atoms with E-state index in [-0.39, 0.29) is 12.3 Å². The van der Waals surface area contributed by atoms with E-state index in [2.05, 4.69) is 31.0 Å². The topological polar surface area (TPSA) is 46.1 Å². The summed E-state index contributed by atoms with van der Waals surface area (Å²) in [5, 5.41) is 1.28. The highest BCUT2D eigenvalue weighted by Gasteiger charge is 2.22. The van der Waals surface area contributed by atoms with Gasteiger partial charge in [-0.2, -0.15) is 0 Å². The van der Waals surface area contributed by atoms with E-state index in [0.717, 1.165) is 26.9 Å². The molecule has 29 heavy (non-hydrogen) atoms. The molecule has 0 N–H and O–H groups in total. The van der Waals surface area contributed by atoms with Gasteiger partial charge in [0.25, 0.3) is 0 Å². The molecule has 0 aliphatic heterocycles. The predicted molar refractivity (Wildman–Crippen MR) is 120 cm³/mol. The molecule has 0 bridgehead atoms. The number of anilines is 1. The fraction of sp³-hybridized carbons (Fsp3) is 0.174. The Balaban J connectivity index is 1.73. The molecule has 2 aromatic carbocycles. The Hall–Kier alpha value is -2.76. The molecule has 0 fully saturated rings. The maximum atomic E-state index is 13.3. The number of aryl methyl sites for hydroxylation is 2. The van der Waals surface area contributed by atoms with Gasteiger partial charge in [0, 0.05) is 17.4 Å². The molecular formula is C23H20ClN3OS. The molecule has 0 saturated heterocycles. The summed E-state index contributed by atoms with van der Waals surface area (Å²) in [7, 11) is 0. The van der Waals surface area contributed by atoms with E-state index in [1.54, 1.807) is 23.4 Å². The van der Waals surface area contributed by atoms with Crippen LogP contribution in [0, 0.1) is 13.8 Å². The zero-order chi connectivity index (χ0) is 20.4. The van der Waals surface area contributed by atoms with Gasteiger partial charge in [-0.1, -0.05) is 53.3 Å². The lowest BCUT2D eigenvalue weighted by Crippen LogP contribution is -2.31. The van der Waals surface area contributed by atoms with Crippen LogP contribution in [-0.4, -0.2) is 15.9 Å². The summed E-state index contributed by atoms with van der Waals surface area (Å²) in [6, 6.07) is 15.4. The first-order valence-corrected chi connectivity index (χ1v) is 10.5. The molecule has 0 unspecified atom stereocenters. The molecule has 0 aliphatic carbocycles. The van der Waals surface area contributed by atoms with Gasteiger partial charge in [-0.05, 0) is 54.3 Å². The monoisotopic (exact) mass is 421 g/mol. The highest BCUT2D eigenvalue weighted by molar-refractivity contribution is 7.22. The van der Waals surface area contributed by atoms with E-state index in [1.165, 1.54) is 16.9 Å². The van der Waals surface area contributed by atoms with Crippen molar-refractivity contribution in [1.29, 1.82) is 0 Å². The van der Waals surface area contributed by atoms with Crippen LogP contribution in [0.2, 0.25) is 5.02 Å². The van der Waals surface area contributed by atoms with E-state index in [1.807, 2.05) is 30.3 Å². The first-order valence-electron chi connectivity index (χ1n) is 9.32. The van der Waals surface area contributed by atoms with Crippen LogP contribution in [0.25, 0.3) is 10.2 Å². The van der Waals surface area contributed by atoms with Crippen LogP contribution in [0.5, 0.6) is 0 Å². The number of nitrogens with zero attached hydrogens (tertiary/aromatic N) is 3. The van der Waals surface area contributed by atoms with Gasteiger partial charge in [-0.25, -0.2) is 4.98 Å². The fourth-order valence-electron chi connectivity index (χ4n) is 3.17. The second-order valence-corrected chi connectivity index (χ2v) is 8.38. The van der Waals surface area contributed by atoms with Crippen molar-refractivity contribution < 1.29 is 4.79 Å². The van der Waals surface area contributed by atoms with E-state index in [4.69, 9.17) is 16.6 Å². The maximum Gasteiger partial charge on any atom is 0.233 e. The minimum absolute atomic E-state index is 0.0459. The van der Waals surface area contributed by atoms with Crippen molar-refractivity contribution in [2.75, 3.05) is 4.90 Å². The molecule has 1 amide bonds. The van der Waals surface area contributed by atoms with Gasteiger partial charge in [0.05, 0.1) is 23.2 Å². The Labute approximate surface area is 178 Å². The SMILES string of the molecule is Cc1ccc2sc(N(Cc3cccnc3)C(=O)Cc3ccccc3Cl)nc2c1C. The van der Waals surface area contributed by atoms with Crippen LogP contribution >= 0.6 is 22.9 Å². The molecule has 0 aliphatic rings. The Kier molecular flexibility index (Phi) is 5.60. The third-order valence-electron chi connectivity index (χ3n) is 4.97. The van der Waals surface area contributed by atoms with E-state index in [0.29, 0.717) is 16.7 Å². The van der Waals surface area contributed by atoms with Gasteiger partial charge in [0.1, 0.15) is 0 Å². The summed E-state index contributed by atoms with van der Waals surface area (Å²) in [5.41, 5.74) is 5.04. The van der Waals surface area contributed by atoms with Crippen LogP contribution in [0.15, 0.2) is 60.9 Å². The van der Waals surface area contributed by atoms with Crippen molar-refractivity contribution in [3.8, 4) is 0 Å². The van der Waals surface area contributed by atoms with Gasteiger partial charge in [0.2, 0.25) is 5.91 Å². The van der Waals surface area contributed by atoms with E-state index in [9.17, 15) is 4.79 Å². The third-order valence-corrected chi connectivity index (χ3v) is 6.38. The van der Waals surface area contributed by atoms with Gasteiger partial charge in [-0.15, -0.1) is 0 Å². The van der Waals surface area contributed by atoms with Crippen LogP contribution in [0.1, 0.15) is 22.3 Å². The fourth-order valence-corrected chi connectivity index (χ4v) is 4.41. The average molecular weight is 422 g/mol. The zero-order valence-corrected chi connectivity index (χ0v) is 17.8. The number of fused-ring (bicyclic) bond motifs is 1. The van der Waals surface area contributed by atoms with Crippen molar-refractivity contribution in [3.05, 3.63) is 88.2 Å². The van der Waals surface area contributed by atoms with Crippen molar-refractivity contribution in [2.24, 2.45) is 0 Å². The number of thiazole rings is 1. The van der Waals surface area contributed by atoms with Crippen molar-refractivity contribution in [1.82, 2.24) is 9.97 Å². The number of pyridine rings is 1. The molecule has 0 spiro atoms. The van der Waals surface area contributed by atoms with Gasteiger partial charge in [0.15, 0.2) is 5.13 Å². The summed E-state index contributed by atoms with van der Waals surface area (Å²) >= 11 is 7.82. The normalized spacial score (nSPS) is 11.0. The van der Waals surface area contributed by atoms with Gasteiger partial charge in [-0.3, -0.25) is 14.7 Å². The molecule has 2 heterocycles. The quantitative estimate of drug-likeness (QED) is 0.413. The lowest BCUT2D eigenvalue weighted by atomic mass is 10.1. The number of benzene rings is 2. The lowest BCUT2D eigenvalue weighted by Gasteiger charge is -2.20. The molecule has 4 rings (SSSR count). The smallest absolute Gasteiger partial charge is 0.233 e. The Morgan fingerprint density at radius 2 is 1.93 bits per heavy atom. The average Bonchev–Trinajstić information content (AvgIpc) is 3.16. The highest BCUT2D eigenvalue weighted by Crippen LogP contribution is 2.33. The molecule has 0 atom stereocenters. The Morgan fingerprint density at radius 1 is 1.10 bits per heavy atom. The number of hydrogen-bond donors (Lipinski definition) is 0. The van der Waals surface area contributed by atoms with Crippen molar-refractivity contribution in [3.63, 3.8) is 0 Å². The van der Waals surface area contributed by atoms with Crippen LogP contribution in [-0.2, 0) is 17.8 Å². The molecule has 6 heteroatoms. The first kappa shape index (κ1) is 19.6. The molecular weight excluding hydrogens is 402 g/mol. The second kappa shape index (κ2) is 8.31. The summed E-state index contributed by atoms with van der Waals surface area (Å²) < 4.78 is 1.07. The summed E-state index contributed by atoms with van der Waals surface area (Å²) in [6.45, 7) is 4.55. The van der Waals surface area contributed by atoms with Crippen LogP contribution in [0.3, 0.4) is 0 Å². The standard InChI is InChI=1S/C23H20ClN3OS/c1-15-9-10-20-22(16(15)2)26-23(29-20)27(14-17-6-5-11-25-13-17)21(28)12-18-7-3-4-8-19(18)24/h3-11,13H,12,14H2,1-2H3. The van der Waals surface area contributed by atoms with Crippen molar-refractivity contribution in [2.45, 2.75) is 26.8 Å². The molecule has 0 radical (unpaired) electrons.